The van der Waals surface area contributed by atoms with Crippen LogP contribution in [0.1, 0.15) is 49.3 Å². The van der Waals surface area contributed by atoms with Crippen LogP contribution in [0.15, 0.2) is 75.8 Å². The van der Waals surface area contributed by atoms with Crippen LogP contribution < -0.4 is 10.9 Å². The highest BCUT2D eigenvalue weighted by Gasteiger charge is 2.42. The van der Waals surface area contributed by atoms with Crippen molar-refractivity contribution in [2.45, 2.75) is 43.5 Å². The van der Waals surface area contributed by atoms with Crippen molar-refractivity contribution in [1.29, 1.82) is 0 Å². The summed E-state index contributed by atoms with van der Waals surface area (Å²) >= 11 is 1.47. The van der Waals surface area contributed by atoms with E-state index in [1.807, 2.05) is 30.3 Å². The van der Waals surface area contributed by atoms with E-state index in [0.29, 0.717) is 40.7 Å². The molecule has 0 bridgehead atoms. The number of nitrogens with zero attached hydrogens (tertiary/aromatic N) is 1. The number of hydrogen-bond donors (Lipinski definition) is 3. The molecule has 7 heteroatoms. The molecule has 6 nitrogen and oxygen atoms in total. The molecule has 1 atom stereocenters. The summed E-state index contributed by atoms with van der Waals surface area (Å²) in [5.74, 6) is 0.836. The fraction of sp³-hybridized carbons (Fsp3) is 0.269. The van der Waals surface area contributed by atoms with Gasteiger partial charge in [-0.3, -0.25) is 9.59 Å². The largest absolute Gasteiger partial charge is 0.508 e. The normalized spacial score (nSPS) is 19.0. The zero-order chi connectivity index (χ0) is 23.2. The van der Waals surface area contributed by atoms with Crippen LogP contribution in [0.2, 0.25) is 0 Å². The van der Waals surface area contributed by atoms with Gasteiger partial charge in [-0.25, -0.2) is 4.98 Å². The Morgan fingerprint density at radius 3 is 2.52 bits per heavy atom. The maximum absolute atomic E-state index is 13.3. The number of aromatic nitrogens is 2. The molecule has 2 heterocycles. The van der Waals surface area contributed by atoms with Gasteiger partial charge in [0.05, 0.1) is 5.56 Å². The van der Waals surface area contributed by atoms with Gasteiger partial charge < -0.3 is 15.4 Å². The van der Waals surface area contributed by atoms with Crippen LogP contribution in [0.25, 0.3) is 0 Å². The summed E-state index contributed by atoms with van der Waals surface area (Å²) in [6.45, 7) is 4.15. The molecular formula is C26H25N3O3S. The van der Waals surface area contributed by atoms with Crippen molar-refractivity contribution in [1.82, 2.24) is 9.97 Å². The number of carbonyl (C=O) groups is 1. The number of H-pyrrole nitrogens is 1. The van der Waals surface area contributed by atoms with Crippen molar-refractivity contribution in [2.24, 2.45) is 5.41 Å². The Hall–Kier alpha value is -3.32. The van der Waals surface area contributed by atoms with Crippen LogP contribution in [0, 0.1) is 5.41 Å². The van der Waals surface area contributed by atoms with Crippen LogP contribution in [-0.2, 0) is 10.5 Å². The highest BCUT2D eigenvalue weighted by Crippen LogP contribution is 2.47. The number of Topliss-reactive ketones (excluding diaryl/α,β-unsaturated/α-hetero) is 1. The fourth-order valence-corrected chi connectivity index (χ4v) is 5.50. The first-order valence-corrected chi connectivity index (χ1v) is 11.9. The minimum atomic E-state index is -0.523. The Kier molecular flexibility index (Phi) is 5.37. The Morgan fingerprint density at radius 2 is 1.79 bits per heavy atom. The third-order valence-electron chi connectivity index (χ3n) is 6.14. The Morgan fingerprint density at radius 1 is 1.06 bits per heavy atom. The van der Waals surface area contributed by atoms with Crippen LogP contribution in [0.5, 0.6) is 5.75 Å². The number of allylic oxidation sites excluding steroid dienone is 2. The summed E-state index contributed by atoms with van der Waals surface area (Å²) in [5.41, 5.74) is 3.40. The summed E-state index contributed by atoms with van der Waals surface area (Å²) in [7, 11) is 0. The Bertz CT molecular complexity index is 1310. The van der Waals surface area contributed by atoms with E-state index in [-0.39, 0.29) is 22.5 Å². The zero-order valence-corrected chi connectivity index (χ0v) is 19.3. The average molecular weight is 460 g/mol. The number of nitrogens with one attached hydrogen (secondary N) is 2. The summed E-state index contributed by atoms with van der Waals surface area (Å²) < 4.78 is 0. The molecule has 1 aliphatic carbocycles. The Balaban J connectivity index is 1.59. The van der Waals surface area contributed by atoms with Crippen molar-refractivity contribution in [3.63, 3.8) is 0 Å². The van der Waals surface area contributed by atoms with Gasteiger partial charge in [0, 0.05) is 29.4 Å². The molecule has 2 aromatic carbocycles. The molecule has 5 rings (SSSR count). The van der Waals surface area contributed by atoms with E-state index < -0.39 is 5.92 Å². The van der Waals surface area contributed by atoms with E-state index in [9.17, 15) is 14.7 Å². The lowest BCUT2D eigenvalue weighted by molar-refractivity contribution is -0.118. The topological polar surface area (TPSA) is 95.1 Å². The molecular weight excluding hydrogens is 434 g/mol. The molecule has 1 aromatic heterocycles. The molecule has 0 fully saturated rings. The first kappa shape index (κ1) is 21.5. The molecule has 0 amide bonds. The number of aromatic hydroxyl groups is 1. The van der Waals surface area contributed by atoms with Crippen molar-refractivity contribution >= 4 is 23.4 Å². The molecule has 168 valence electrons. The van der Waals surface area contributed by atoms with Crippen molar-refractivity contribution in [3.05, 3.63) is 92.9 Å². The van der Waals surface area contributed by atoms with Gasteiger partial charge in [-0.1, -0.05) is 68.1 Å². The van der Waals surface area contributed by atoms with E-state index in [0.717, 1.165) is 16.8 Å². The minimum absolute atomic E-state index is 0.0411. The quantitative estimate of drug-likeness (QED) is 0.377. The summed E-state index contributed by atoms with van der Waals surface area (Å²) in [6.07, 6.45) is 1.12. The minimum Gasteiger partial charge on any atom is -0.508 e. The first-order chi connectivity index (χ1) is 15.8. The number of benzene rings is 2. The molecule has 1 aliphatic heterocycles. The van der Waals surface area contributed by atoms with Crippen molar-refractivity contribution < 1.29 is 9.90 Å². The predicted octanol–water partition coefficient (Wildman–Crippen LogP) is 4.97. The van der Waals surface area contributed by atoms with Gasteiger partial charge in [-0.15, -0.1) is 0 Å². The zero-order valence-electron chi connectivity index (χ0n) is 18.5. The average Bonchev–Trinajstić information content (AvgIpc) is 2.77. The molecule has 33 heavy (non-hydrogen) atoms. The number of phenolic OH excluding ortho intramolecular Hbond substituents is 1. The number of fused-ring (bicyclic) bond motifs is 1. The summed E-state index contributed by atoms with van der Waals surface area (Å²) in [4.78, 5) is 34.2. The predicted molar refractivity (Wildman–Crippen MR) is 129 cm³/mol. The number of anilines is 1. The maximum atomic E-state index is 13.3. The van der Waals surface area contributed by atoms with Gasteiger partial charge in [-0.05, 0) is 35.1 Å². The molecule has 0 saturated carbocycles. The lowest BCUT2D eigenvalue weighted by Crippen LogP contribution is -2.37. The number of phenols is 1. The smallest absolute Gasteiger partial charge is 0.257 e. The first-order valence-electron chi connectivity index (χ1n) is 10.9. The summed E-state index contributed by atoms with van der Waals surface area (Å²) in [5, 5.41) is 13.6. The number of ketones is 1. The Labute approximate surface area is 196 Å². The maximum Gasteiger partial charge on any atom is 0.257 e. The highest BCUT2D eigenvalue weighted by molar-refractivity contribution is 7.98. The van der Waals surface area contributed by atoms with Gasteiger partial charge in [0.1, 0.15) is 11.6 Å². The number of thioether (sulfide) groups is 1. The third kappa shape index (κ3) is 4.20. The summed E-state index contributed by atoms with van der Waals surface area (Å²) in [6, 6.07) is 16.7. The molecule has 3 aromatic rings. The molecule has 0 unspecified atom stereocenters. The highest BCUT2D eigenvalue weighted by atomic mass is 32.2. The number of rotatable bonds is 4. The van der Waals surface area contributed by atoms with E-state index in [1.54, 1.807) is 24.3 Å². The van der Waals surface area contributed by atoms with Crippen LogP contribution >= 0.6 is 11.8 Å². The molecule has 0 saturated heterocycles. The number of carbonyl (C=O) groups excluding carboxylic acids is 1. The molecule has 0 spiro atoms. The molecule has 3 N–H and O–H groups in total. The standard InChI is InChI=1S/C26H25N3O3S/c1-26(2)12-18-21(19(31)13-26)20(16-8-10-17(30)11-9-16)22-23(27-18)28-25(29-24(22)32)33-14-15-6-4-3-5-7-15/h3-11,20,30H,12-14H2,1-2H3,(H2,27,28,29,32)/t20-/m0/s1. The lowest BCUT2D eigenvalue weighted by Gasteiger charge is -2.38. The van der Waals surface area contributed by atoms with Gasteiger partial charge in [0.15, 0.2) is 10.9 Å². The van der Waals surface area contributed by atoms with E-state index in [2.05, 4.69) is 24.1 Å². The van der Waals surface area contributed by atoms with E-state index in [4.69, 9.17) is 4.98 Å². The van der Waals surface area contributed by atoms with Gasteiger partial charge in [-0.2, -0.15) is 0 Å². The SMILES string of the molecule is CC1(C)CC(=O)C2=C(C1)Nc1nc(SCc3ccccc3)[nH]c(=O)c1[C@H]2c1ccc(O)cc1. The van der Waals surface area contributed by atoms with Crippen molar-refractivity contribution in [2.75, 3.05) is 5.32 Å². The van der Waals surface area contributed by atoms with Crippen molar-refractivity contribution in [3.8, 4) is 5.75 Å². The van der Waals surface area contributed by atoms with Crippen LogP contribution in [0.3, 0.4) is 0 Å². The van der Waals surface area contributed by atoms with Gasteiger partial charge >= 0.3 is 0 Å². The fourth-order valence-electron chi connectivity index (χ4n) is 4.69. The van der Waals surface area contributed by atoms with Gasteiger partial charge in [0.2, 0.25) is 0 Å². The lowest BCUT2D eigenvalue weighted by atomic mass is 9.69. The molecule has 0 radical (unpaired) electrons. The second-order valence-corrected chi connectivity index (χ2v) is 10.4. The van der Waals surface area contributed by atoms with E-state index in [1.165, 1.54) is 11.8 Å². The second kappa shape index (κ2) is 8.23. The number of aromatic amines is 1. The molecule has 2 aliphatic rings. The second-order valence-electron chi connectivity index (χ2n) is 9.39. The monoisotopic (exact) mass is 459 g/mol. The van der Waals surface area contributed by atoms with E-state index >= 15 is 0 Å². The van der Waals surface area contributed by atoms with Crippen LogP contribution in [0.4, 0.5) is 5.82 Å². The van der Waals surface area contributed by atoms with Gasteiger partial charge in [0.25, 0.3) is 5.56 Å². The third-order valence-corrected chi connectivity index (χ3v) is 7.09. The number of hydrogen-bond acceptors (Lipinski definition) is 6. The van der Waals surface area contributed by atoms with Crippen LogP contribution in [-0.4, -0.2) is 20.9 Å².